The van der Waals surface area contributed by atoms with Crippen molar-refractivity contribution >= 4 is 23.5 Å². The second kappa shape index (κ2) is 9.33. The summed E-state index contributed by atoms with van der Waals surface area (Å²) < 4.78 is 0. The number of aryl methyl sites for hydroxylation is 1. The maximum absolute atomic E-state index is 12.2. The number of rotatable bonds is 8. The van der Waals surface area contributed by atoms with Crippen molar-refractivity contribution < 1.29 is 9.90 Å². The summed E-state index contributed by atoms with van der Waals surface area (Å²) in [5.41, 5.74) is 3.33. The lowest BCUT2D eigenvalue weighted by Crippen LogP contribution is -2.15. The van der Waals surface area contributed by atoms with Gasteiger partial charge in [0.25, 0.3) is 0 Å². The van der Waals surface area contributed by atoms with Crippen LogP contribution in [0.2, 0.25) is 0 Å². The molecule has 4 nitrogen and oxygen atoms in total. The summed E-state index contributed by atoms with van der Waals surface area (Å²) in [4.78, 5) is 16.4. The van der Waals surface area contributed by atoms with Crippen LogP contribution in [0.1, 0.15) is 23.6 Å². The summed E-state index contributed by atoms with van der Waals surface area (Å²) in [6.07, 6.45) is 3.01. The van der Waals surface area contributed by atoms with Crippen molar-refractivity contribution in [3.63, 3.8) is 0 Å². The molecule has 0 atom stereocenters. The maximum atomic E-state index is 12.2. The van der Waals surface area contributed by atoms with Crippen molar-refractivity contribution in [3.8, 4) is 0 Å². The molecule has 0 aliphatic rings. The highest BCUT2D eigenvalue weighted by atomic mass is 32.2. The van der Waals surface area contributed by atoms with E-state index in [4.69, 9.17) is 5.11 Å². The van der Waals surface area contributed by atoms with Gasteiger partial charge in [-0.2, -0.15) is 11.8 Å². The van der Waals surface area contributed by atoms with Crippen LogP contribution in [0, 0.1) is 0 Å². The third-order valence-electron chi connectivity index (χ3n) is 3.36. The number of hydrogen-bond acceptors (Lipinski definition) is 4. The Morgan fingerprint density at radius 2 is 2.04 bits per heavy atom. The lowest BCUT2D eigenvalue weighted by atomic mass is 10.1. The average molecular weight is 330 g/mol. The molecule has 23 heavy (non-hydrogen) atoms. The number of hydrogen-bond donors (Lipinski definition) is 2. The van der Waals surface area contributed by atoms with E-state index < -0.39 is 0 Å². The van der Waals surface area contributed by atoms with Gasteiger partial charge in [0.05, 0.1) is 13.0 Å². The molecular formula is C18H22N2O2S. The number of aromatic nitrogens is 1. The largest absolute Gasteiger partial charge is 0.396 e. The van der Waals surface area contributed by atoms with Gasteiger partial charge in [0.2, 0.25) is 5.91 Å². The monoisotopic (exact) mass is 330 g/mol. The van der Waals surface area contributed by atoms with Crippen LogP contribution in [0.5, 0.6) is 0 Å². The van der Waals surface area contributed by atoms with Gasteiger partial charge < -0.3 is 10.4 Å². The van der Waals surface area contributed by atoms with Gasteiger partial charge in [0, 0.05) is 17.7 Å². The summed E-state index contributed by atoms with van der Waals surface area (Å²) in [7, 11) is 0. The van der Waals surface area contributed by atoms with E-state index in [-0.39, 0.29) is 12.5 Å². The van der Waals surface area contributed by atoms with Crippen LogP contribution in [0.15, 0.2) is 42.6 Å². The van der Waals surface area contributed by atoms with Gasteiger partial charge in [-0.1, -0.05) is 31.2 Å². The maximum Gasteiger partial charge on any atom is 0.229 e. The van der Waals surface area contributed by atoms with Crippen molar-refractivity contribution in [1.82, 2.24) is 4.98 Å². The molecule has 0 aliphatic carbocycles. The zero-order chi connectivity index (χ0) is 16.5. The number of aliphatic hydroxyl groups excluding tert-OH is 1. The zero-order valence-corrected chi connectivity index (χ0v) is 14.1. The van der Waals surface area contributed by atoms with Crippen LogP contribution >= 0.6 is 11.8 Å². The fraction of sp³-hybridized carbons (Fsp3) is 0.333. The second-order valence-corrected chi connectivity index (χ2v) is 6.33. The Hall–Kier alpha value is -1.85. The van der Waals surface area contributed by atoms with Gasteiger partial charge in [0.1, 0.15) is 5.82 Å². The average Bonchev–Trinajstić information content (AvgIpc) is 2.55. The lowest BCUT2D eigenvalue weighted by molar-refractivity contribution is -0.115. The molecule has 1 heterocycles. The first-order chi connectivity index (χ1) is 11.2. The highest BCUT2D eigenvalue weighted by molar-refractivity contribution is 7.98. The highest BCUT2D eigenvalue weighted by Gasteiger charge is 2.06. The smallest absolute Gasteiger partial charge is 0.229 e. The SMILES string of the molecule is CCc1cccc(CC(=O)Nc2cc(CSCCO)ccn2)c1. The molecule has 2 rings (SSSR count). The molecule has 0 bridgehead atoms. The third-order valence-corrected chi connectivity index (χ3v) is 4.37. The van der Waals surface area contributed by atoms with E-state index in [2.05, 4.69) is 29.4 Å². The van der Waals surface area contributed by atoms with Crippen molar-refractivity contribution in [1.29, 1.82) is 0 Å². The number of benzene rings is 1. The summed E-state index contributed by atoms with van der Waals surface area (Å²) in [6.45, 7) is 2.28. The molecule has 1 aromatic heterocycles. The normalized spacial score (nSPS) is 10.5. The molecular weight excluding hydrogens is 308 g/mol. The van der Waals surface area contributed by atoms with E-state index in [9.17, 15) is 4.79 Å². The number of carbonyl (C=O) groups is 1. The standard InChI is InChI=1S/C18H22N2O2S/c1-2-14-4-3-5-15(10-14)12-18(22)20-17-11-16(6-7-19-17)13-23-9-8-21/h3-7,10-11,21H,2,8-9,12-13H2,1H3,(H,19,20,22). The van der Waals surface area contributed by atoms with Crippen LogP contribution in [0.3, 0.4) is 0 Å². The van der Waals surface area contributed by atoms with Gasteiger partial charge in [-0.05, 0) is 35.2 Å². The number of nitrogens with one attached hydrogen (secondary N) is 1. The number of thioether (sulfide) groups is 1. The number of amides is 1. The Morgan fingerprint density at radius 3 is 2.83 bits per heavy atom. The number of nitrogens with zero attached hydrogens (tertiary/aromatic N) is 1. The Balaban J connectivity index is 1.92. The molecule has 1 amide bonds. The Labute approximate surface area is 141 Å². The molecule has 0 aliphatic heterocycles. The quantitative estimate of drug-likeness (QED) is 0.730. The predicted octanol–water partition coefficient (Wildman–Crippen LogP) is 3.05. The molecule has 0 radical (unpaired) electrons. The van der Waals surface area contributed by atoms with E-state index in [1.807, 2.05) is 24.3 Å². The van der Waals surface area contributed by atoms with Crippen LogP contribution in [-0.2, 0) is 23.4 Å². The first kappa shape index (κ1) is 17.5. The zero-order valence-electron chi connectivity index (χ0n) is 13.3. The van der Waals surface area contributed by atoms with Crippen molar-refractivity contribution in [2.75, 3.05) is 17.7 Å². The van der Waals surface area contributed by atoms with Crippen LogP contribution in [0.25, 0.3) is 0 Å². The molecule has 5 heteroatoms. The number of pyridine rings is 1. The lowest BCUT2D eigenvalue weighted by Gasteiger charge is -2.07. The fourth-order valence-corrected chi connectivity index (χ4v) is 2.91. The van der Waals surface area contributed by atoms with Gasteiger partial charge >= 0.3 is 0 Å². The summed E-state index contributed by atoms with van der Waals surface area (Å²) in [5.74, 6) is 2.01. The Kier molecular flexibility index (Phi) is 7.10. The number of aliphatic hydroxyl groups is 1. The second-order valence-electron chi connectivity index (χ2n) is 5.22. The highest BCUT2D eigenvalue weighted by Crippen LogP contribution is 2.15. The van der Waals surface area contributed by atoms with Crippen LogP contribution < -0.4 is 5.32 Å². The molecule has 2 N–H and O–H groups in total. The molecule has 0 fully saturated rings. The number of carbonyl (C=O) groups excluding carboxylic acids is 1. The third kappa shape index (κ3) is 6.04. The summed E-state index contributed by atoms with van der Waals surface area (Å²) >= 11 is 1.65. The molecule has 1 aromatic carbocycles. The van der Waals surface area contributed by atoms with Gasteiger partial charge in [-0.3, -0.25) is 4.79 Å². The molecule has 0 saturated heterocycles. The molecule has 0 spiro atoms. The minimum atomic E-state index is -0.0640. The topological polar surface area (TPSA) is 62.2 Å². The molecule has 0 saturated carbocycles. The van der Waals surface area contributed by atoms with Crippen molar-refractivity contribution in [2.45, 2.75) is 25.5 Å². The summed E-state index contributed by atoms with van der Waals surface area (Å²) in [5, 5.41) is 11.7. The first-order valence-electron chi connectivity index (χ1n) is 7.72. The molecule has 0 unspecified atom stereocenters. The summed E-state index contributed by atoms with van der Waals surface area (Å²) in [6, 6.07) is 11.9. The minimum Gasteiger partial charge on any atom is -0.396 e. The van der Waals surface area contributed by atoms with Gasteiger partial charge in [-0.15, -0.1) is 0 Å². The Bertz CT molecular complexity index is 646. The van der Waals surface area contributed by atoms with E-state index >= 15 is 0 Å². The molecule has 2 aromatic rings. The van der Waals surface area contributed by atoms with E-state index in [1.165, 1.54) is 5.56 Å². The van der Waals surface area contributed by atoms with Gasteiger partial charge in [-0.25, -0.2) is 4.98 Å². The van der Waals surface area contributed by atoms with E-state index in [0.29, 0.717) is 18.0 Å². The van der Waals surface area contributed by atoms with Crippen LogP contribution in [-0.4, -0.2) is 28.4 Å². The van der Waals surface area contributed by atoms with Crippen molar-refractivity contribution in [2.24, 2.45) is 0 Å². The van der Waals surface area contributed by atoms with E-state index in [1.54, 1.807) is 18.0 Å². The number of anilines is 1. The van der Waals surface area contributed by atoms with E-state index in [0.717, 1.165) is 23.3 Å². The minimum absolute atomic E-state index is 0.0640. The van der Waals surface area contributed by atoms with Crippen LogP contribution in [0.4, 0.5) is 5.82 Å². The van der Waals surface area contributed by atoms with Gasteiger partial charge in [0.15, 0.2) is 0 Å². The predicted molar refractivity (Wildman–Crippen MR) is 95.6 cm³/mol. The fourth-order valence-electron chi connectivity index (χ4n) is 2.22. The first-order valence-corrected chi connectivity index (χ1v) is 8.88. The van der Waals surface area contributed by atoms with Crippen molar-refractivity contribution in [3.05, 3.63) is 59.3 Å². The molecule has 122 valence electrons. The Morgan fingerprint density at radius 1 is 1.22 bits per heavy atom.